The summed E-state index contributed by atoms with van der Waals surface area (Å²) in [5.41, 5.74) is 2.20. The third-order valence-electron chi connectivity index (χ3n) is 7.76. The van der Waals surface area contributed by atoms with Crippen molar-refractivity contribution in [2.75, 3.05) is 45.2 Å². The van der Waals surface area contributed by atoms with Gasteiger partial charge in [0, 0.05) is 50.5 Å². The van der Waals surface area contributed by atoms with E-state index in [1.54, 1.807) is 6.07 Å². The zero-order chi connectivity index (χ0) is 28.0. The second-order valence-corrected chi connectivity index (χ2v) is 11.2. The summed E-state index contributed by atoms with van der Waals surface area (Å²) in [4.78, 5) is 22.1. The summed E-state index contributed by atoms with van der Waals surface area (Å²) in [5, 5.41) is 3.05. The maximum absolute atomic E-state index is 15.0. The van der Waals surface area contributed by atoms with Gasteiger partial charge in [-0.2, -0.15) is 0 Å². The van der Waals surface area contributed by atoms with Gasteiger partial charge in [0.1, 0.15) is 22.9 Å². The van der Waals surface area contributed by atoms with Crippen molar-refractivity contribution in [3.63, 3.8) is 0 Å². The number of ether oxygens (including phenoxy) is 1. The lowest BCUT2D eigenvalue weighted by Gasteiger charge is -2.40. The van der Waals surface area contributed by atoms with Crippen LogP contribution in [0.4, 0.5) is 20.5 Å². The summed E-state index contributed by atoms with van der Waals surface area (Å²) < 4.78 is 38.0. The van der Waals surface area contributed by atoms with E-state index in [2.05, 4.69) is 42.1 Å². The van der Waals surface area contributed by atoms with Crippen molar-refractivity contribution in [1.29, 1.82) is 0 Å². The van der Waals surface area contributed by atoms with Gasteiger partial charge in [0.2, 0.25) is 5.95 Å². The molecule has 210 valence electrons. The summed E-state index contributed by atoms with van der Waals surface area (Å²) in [5.74, 6) is 0.237. The van der Waals surface area contributed by atoms with Crippen LogP contribution in [-0.2, 0) is 11.3 Å². The van der Waals surface area contributed by atoms with Crippen LogP contribution < -0.4 is 5.32 Å². The second kappa shape index (κ2) is 10.5. The number of imidazole rings is 1. The quantitative estimate of drug-likeness (QED) is 0.371. The summed E-state index contributed by atoms with van der Waals surface area (Å²) in [6.07, 6.45) is 3.97. The summed E-state index contributed by atoms with van der Waals surface area (Å²) in [7, 11) is 2.14. The summed E-state index contributed by atoms with van der Waals surface area (Å²) in [6.45, 7) is 11.2. The normalized spacial score (nSPS) is 20.3. The van der Waals surface area contributed by atoms with Gasteiger partial charge in [-0.05, 0) is 58.0 Å². The number of likely N-dealkylation sites (N-methyl/N-ethyl adjacent to an activating group) is 1. The Bertz CT molecular complexity index is 1540. The average molecular weight is 549 g/mol. The third-order valence-corrected chi connectivity index (χ3v) is 7.76. The van der Waals surface area contributed by atoms with Crippen LogP contribution >= 0.6 is 0 Å². The number of aryl methyl sites for hydroxylation is 1. The second-order valence-electron chi connectivity index (χ2n) is 11.2. The molecule has 0 amide bonds. The number of nitrogens with one attached hydrogen (secondary N) is 1. The molecule has 3 aromatic heterocycles. The number of hydrogen-bond acceptors (Lipinski definition) is 8. The first-order valence-electron chi connectivity index (χ1n) is 13.7. The van der Waals surface area contributed by atoms with Crippen LogP contribution in [0.5, 0.6) is 0 Å². The zero-order valence-corrected chi connectivity index (χ0v) is 23.3. The molecule has 1 atom stereocenters. The van der Waals surface area contributed by atoms with Crippen molar-refractivity contribution in [2.45, 2.75) is 45.4 Å². The van der Waals surface area contributed by atoms with Crippen LogP contribution in [0.25, 0.3) is 22.3 Å². The lowest BCUT2D eigenvalue weighted by atomic mass is 10.0. The van der Waals surface area contributed by atoms with Gasteiger partial charge >= 0.3 is 0 Å². The first kappa shape index (κ1) is 26.7. The zero-order valence-electron chi connectivity index (χ0n) is 23.3. The molecule has 4 aromatic rings. The molecule has 1 aromatic carbocycles. The first-order chi connectivity index (χ1) is 19.2. The van der Waals surface area contributed by atoms with E-state index in [9.17, 15) is 8.78 Å². The van der Waals surface area contributed by atoms with Crippen LogP contribution in [0.15, 0.2) is 36.7 Å². The van der Waals surface area contributed by atoms with Crippen LogP contribution in [0.3, 0.4) is 0 Å². The number of hydrogen-bond donors (Lipinski definition) is 1. The average Bonchev–Trinajstić information content (AvgIpc) is 3.45. The summed E-state index contributed by atoms with van der Waals surface area (Å²) in [6, 6.07) is 6.93. The molecule has 1 unspecified atom stereocenters. The fourth-order valence-electron chi connectivity index (χ4n) is 6.00. The Hall–Kier alpha value is -3.54. The molecule has 5 heterocycles. The van der Waals surface area contributed by atoms with Gasteiger partial charge < -0.3 is 19.5 Å². The summed E-state index contributed by atoms with van der Waals surface area (Å²) >= 11 is 0. The van der Waals surface area contributed by atoms with E-state index in [1.165, 1.54) is 6.07 Å². The van der Waals surface area contributed by atoms with Crippen molar-refractivity contribution in [3.05, 3.63) is 59.7 Å². The standard InChI is InChI=1S/C29H34F2N8O/c1-18(2)39-19(3)34-27-22(30)11-21(12-24(27)39)26-23(31)14-33-28(36-26)35-25-6-5-20(13-32-25)15-38-9-10-40-29(17-38)7-8-37(4)16-29/h5-6,11-14,18H,7-10,15-17H2,1-4H3,(H,32,33,35,36). The molecule has 2 aliphatic rings. The Morgan fingerprint density at radius 3 is 2.62 bits per heavy atom. The van der Waals surface area contributed by atoms with E-state index in [0.717, 1.165) is 57.5 Å². The molecule has 0 bridgehead atoms. The minimum atomic E-state index is -0.642. The number of pyridine rings is 1. The van der Waals surface area contributed by atoms with Crippen LogP contribution in [0, 0.1) is 18.6 Å². The van der Waals surface area contributed by atoms with Crippen LogP contribution in [0.2, 0.25) is 0 Å². The van der Waals surface area contributed by atoms with Crippen molar-refractivity contribution in [1.82, 2.24) is 34.3 Å². The molecule has 0 aliphatic carbocycles. The monoisotopic (exact) mass is 548 g/mol. The van der Waals surface area contributed by atoms with Gasteiger partial charge in [-0.1, -0.05) is 6.07 Å². The highest BCUT2D eigenvalue weighted by Gasteiger charge is 2.41. The lowest BCUT2D eigenvalue weighted by Crippen LogP contribution is -2.52. The molecule has 1 spiro atoms. The fraction of sp³-hybridized carbons (Fsp3) is 0.448. The fourth-order valence-corrected chi connectivity index (χ4v) is 6.00. The number of fused-ring (bicyclic) bond motifs is 1. The Morgan fingerprint density at radius 1 is 1.05 bits per heavy atom. The highest BCUT2D eigenvalue weighted by Crippen LogP contribution is 2.31. The Kier molecular flexibility index (Phi) is 6.97. The molecule has 2 fully saturated rings. The number of likely N-dealkylation sites (tertiary alicyclic amines) is 1. The lowest BCUT2D eigenvalue weighted by molar-refractivity contribution is -0.102. The predicted octanol–water partition coefficient (Wildman–Crippen LogP) is 4.71. The number of morpholine rings is 1. The molecule has 0 radical (unpaired) electrons. The smallest absolute Gasteiger partial charge is 0.229 e. The van der Waals surface area contributed by atoms with E-state index in [-0.39, 0.29) is 28.8 Å². The molecule has 40 heavy (non-hydrogen) atoms. The number of nitrogens with zero attached hydrogens (tertiary/aromatic N) is 7. The van der Waals surface area contributed by atoms with E-state index < -0.39 is 11.6 Å². The largest absolute Gasteiger partial charge is 0.371 e. The topological polar surface area (TPSA) is 84.2 Å². The number of rotatable bonds is 6. The van der Waals surface area contributed by atoms with E-state index in [1.807, 2.05) is 43.7 Å². The molecule has 9 nitrogen and oxygen atoms in total. The molecule has 2 aliphatic heterocycles. The van der Waals surface area contributed by atoms with Gasteiger partial charge in [0.15, 0.2) is 11.6 Å². The minimum Gasteiger partial charge on any atom is -0.371 e. The third kappa shape index (κ3) is 5.16. The maximum atomic E-state index is 15.0. The molecule has 2 saturated heterocycles. The first-order valence-corrected chi connectivity index (χ1v) is 13.7. The highest BCUT2D eigenvalue weighted by atomic mass is 19.1. The van der Waals surface area contributed by atoms with Gasteiger partial charge in [0.25, 0.3) is 0 Å². The molecular weight excluding hydrogens is 514 g/mol. The Morgan fingerprint density at radius 2 is 1.90 bits per heavy atom. The van der Waals surface area contributed by atoms with Crippen molar-refractivity contribution >= 4 is 22.8 Å². The van der Waals surface area contributed by atoms with Crippen LogP contribution in [0.1, 0.15) is 37.7 Å². The SMILES string of the molecule is Cc1nc2c(F)cc(-c3nc(Nc4ccc(CN5CCOC6(CCN(C)C6)C5)cn4)ncc3F)cc2n1C(C)C. The van der Waals surface area contributed by atoms with Gasteiger partial charge in [-0.15, -0.1) is 0 Å². The molecule has 0 saturated carbocycles. The van der Waals surface area contributed by atoms with Crippen molar-refractivity contribution in [3.8, 4) is 11.3 Å². The van der Waals surface area contributed by atoms with Crippen LogP contribution in [-0.4, -0.2) is 79.7 Å². The number of benzene rings is 1. The van der Waals surface area contributed by atoms with Gasteiger partial charge in [0.05, 0.1) is 23.9 Å². The van der Waals surface area contributed by atoms with Gasteiger partial charge in [-0.25, -0.2) is 28.7 Å². The molecule has 6 rings (SSSR count). The Labute approximate surface area is 232 Å². The van der Waals surface area contributed by atoms with Crippen molar-refractivity contribution < 1.29 is 13.5 Å². The molecule has 1 N–H and O–H groups in total. The number of halogens is 2. The van der Waals surface area contributed by atoms with Crippen molar-refractivity contribution in [2.24, 2.45) is 0 Å². The minimum absolute atomic E-state index is 0.00267. The van der Waals surface area contributed by atoms with E-state index in [0.29, 0.717) is 22.7 Å². The molecule has 11 heteroatoms. The van der Waals surface area contributed by atoms with E-state index >= 15 is 0 Å². The molecular formula is C29H34F2N8O. The highest BCUT2D eigenvalue weighted by molar-refractivity contribution is 5.83. The number of aromatic nitrogens is 5. The van der Waals surface area contributed by atoms with E-state index in [4.69, 9.17) is 4.74 Å². The Balaban J connectivity index is 1.19. The maximum Gasteiger partial charge on any atom is 0.229 e. The van der Waals surface area contributed by atoms with Gasteiger partial charge in [-0.3, -0.25) is 4.90 Å². The predicted molar refractivity (Wildman–Crippen MR) is 149 cm³/mol. The number of anilines is 2.